The third kappa shape index (κ3) is 4.23. The minimum Gasteiger partial charge on any atom is -0.365 e. The van der Waals surface area contributed by atoms with Gasteiger partial charge in [0.1, 0.15) is 0 Å². The first-order valence-corrected chi connectivity index (χ1v) is 10.2. The quantitative estimate of drug-likeness (QED) is 0.677. The third-order valence-electron chi connectivity index (χ3n) is 5.62. The van der Waals surface area contributed by atoms with E-state index < -0.39 is 6.10 Å². The minimum absolute atomic E-state index is 0.00379. The molecule has 0 bridgehead atoms. The molecule has 8 nitrogen and oxygen atoms in total. The van der Waals surface area contributed by atoms with E-state index in [2.05, 4.69) is 22.3 Å². The number of fused-ring (bicyclic) bond motifs is 1. The molecule has 158 valence electrons. The Morgan fingerprint density at radius 2 is 2.10 bits per heavy atom. The van der Waals surface area contributed by atoms with Gasteiger partial charge in [0.25, 0.3) is 5.91 Å². The number of nitrogens with one attached hydrogen (secondary N) is 2. The second-order valence-electron chi connectivity index (χ2n) is 7.79. The number of H-pyrrole nitrogens is 1. The summed E-state index contributed by atoms with van der Waals surface area (Å²) in [6, 6.07) is 7.70. The Hall–Kier alpha value is -3.13. The first-order valence-electron chi connectivity index (χ1n) is 10.2. The number of hydrogen-bond acceptors (Lipinski definition) is 4. The lowest BCUT2D eigenvalue weighted by Crippen LogP contribution is -2.50. The molecule has 2 N–H and O–H groups in total. The molecule has 1 atom stereocenters. The van der Waals surface area contributed by atoms with Crippen molar-refractivity contribution in [3.63, 3.8) is 0 Å². The monoisotopic (exact) mass is 409 g/mol. The molecule has 0 aliphatic carbocycles. The second kappa shape index (κ2) is 8.31. The molecule has 1 saturated heterocycles. The van der Waals surface area contributed by atoms with Crippen LogP contribution in [-0.4, -0.2) is 57.3 Å². The highest BCUT2D eigenvalue weighted by atomic mass is 16.5. The van der Waals surface area contributed by atoms with Gasteiger partial charge in [0, 0.05) is 48.0 Å². The van der Waals surface area contributed by atoms with Gasteiger partial charge in [0.15, 0.2) is 6.10 Å². The summed E-state index contributed by atoms with van der Waals surface area (Å²) in [5, 5.41) is 8.32. The second-order valence-corrected chi connectivity index (χ2v) is 7.79. The normalized spacial score (nSPS) is 16.8. The van der Waals surface area contributed by atoms with E-state index in [0.717, 1.165) is 28.0 Å². The predicted octanol–water partition coefficient (Wildman–Crippen LogP) is 2.55. The SMILES string of the molecule is Cc1ccn(CCC(=O)N2CCOC(C(=O)Nc3ccc4[nH]c(C)c(C)c4c3)C2)n1. The summed E-state index contributed by atoms with van der Waals surface area (Å²) in [6.07, 6.45) is 1.53. The number of benzene rings is 1. The number of aryl methyl sites for hydroxylation is 4. The highest BCUT2D eigenvalue weighted by molar-refractivity contribution is 5.97. The molecule has 30 heavy (non-hydrogen) atoms. The summed E-state index contributed by atoms with van der Waals surface area (Å²) in [7, 11) is 0. The number of hydrogen-bond donors (Lipinski definition) is 2. The maximum Gasteiger partial charge on any atom is 0.255 e. The van der Waals surface area contributed by atoms with E-state index in [9.17, 15) is 9.59 Å². The summed E-state index contributed by atoms with van der Waals surface area (Å²) >= 11 is 0. The van der Waals surface area contributed by atoms with Crippen LogP contribution in [0.15, 0.2) is 30.5 Å². The fourth-order valence-corrected chi connectivity index (χ4v) is 3.75. The van der Waals surface area contributed by atoms with E-state index in [4.69, 9.17) is 4.74 Å². The van der Waals surface area contributed by atoms with Crippen LogP contribution < -0.4 is 5.32 Å². The molecule has 8 heteroatoms. The minimum atomic E-state index is -0.681. The van der Waals surface area contributed by atoms with E-state index in [-0.39, 0.29) is 18.4 Å². The van der Waals surface area contributed by atoms with Crippen molar-refractivity contribution in [3.05, 3.63) is 47.4 Å². The molecule has 4 rings (SSSR count). The van der Waals surface area contributed by atoms with Crippen LogP contribution in [0.5, 0.6) is 0 Å². The molecular weight excluding hydrogens is 382 g/mol. The van der Waals surface area contributed by atoms with Crippen LogP contribution in [0.25, 0.3) is 10.9 Å². The highest BCUT2D eigenvalue weighted by Gasteiger charge is 2.29. The molecule has 2 amide bonds. The fourth-order valence-electron chi connectivity index (χ4n) is 3.75. The zero-order valence-corrected chi connectivity index (χ0v) is 17.6. The van der Waals surface area contributed by atoms with Gasteiger partial charge in [0.2, 0.25) is 5.91 Å². The summed E-state index contributed by atoms with van der Waals surface area (Å²) < 4.78 is 7.41. The van der Waals surface area contributed by atoms with Crippen molar-refractivity contribution in [3.8, 4) is 0 Å². The summed E-state index contributed by atoms with van der Waals surface area (Å²) in [4.78, 5) is 30.4. The molecule has 1 aliphatic rings. The van der Waals surface area contributed by atoms with Crippen molar-refractivity contribution in [1.82, 2.24) is 19.7 Å². The van der Waals surface area contributed by atoms with Gasteiger partial charge < -0.3 is 19.9 Å². The average molecular weight is 409 g/mol. The largest absolute Gasteiger partial charge is 0.365 e. The van der Waals surface area contributed by atoms with Gasteiger partial charge in [-0.15, -0.1) is 0 Å². The standard InChI is InChI=1S/C22H27N5O3/c1-14-6-8-27(25-14)9-7-21(28)26-10-11-30-20(13-26)22(29)24-17-4-5-19-18(12-17)15(2)16(3)23-19/h4-6,8,12,20,23H,7,9-11,13H2,1-3H3,(H,24,29). The molecule has 0 spiro atoms. The summed E-state index contributed by atoms with van der Waals surface area (Å²) in [6.45, 7) is 7.62. The predicted molar refractivity (Wildman–Crippen MR) is 114 cm³/mol. The van der Waals surface area contributed by atoms with E-state index >= 15 is 0 Å². The zero-order chi connectivity index (χ0) is 21.3. The molecule has 0 saturated carbocycles. The van der Waals surface area contributed by atoms with Crippen LogP contribution in [0.3, 0.4) is 0 Å². The van der Waals surface area contributed by atoms with Gasteiger partial charge >= 0.3 is 0 Å². The number of aromatic amines is 1. The number of ether oxygens (including phenoxy) is 1. The van der Waals surface area contributed by atoms with Crippen LogP contribution in [0.1, 0.15) is 23.4 Å². The van der Waals surface area contributed by atoms with Crippen molar-refractivity contribution >= 4 is 28.4 Å². The van der Waals surface area contributed by atoms with Crippen LogP contribution in [0.2, 0.25) is 0 Å². The maximum absolute atomic E-state index is 12.7. The number of rotatable bonds is 5. The number of amides is 2. The van der Waals surface area contributed by atoms with Crippen LogP contribution in [0.4, 0.5) is 5.69 Å². The van der Waals surface area contributed by atoms with Gasteiger partial charge in [-0.25, -0.2) is 0 Å². The molecule has 1 unspecified atom stereocenters. The summed E-state index contributed by atoms with van der Waals surface area (Å²) in [5.41, 5.74) is 4.97. The molecule has 1 aromatic carbocycles. The van der Waals surface area contributed by atoms with Gasteiger partial charge in [-0.05, 0) is 50.6 Å². The van der Waals surface area contributed by atoms with E-state index in [1.165, 1.54) is 5.56 Å². The van der Waals surface area contributed by atoms with Gasteiger partial charge in [-0.1, -0.05) is 0 Å². The molecule has 3 aromatic rings. The number of anilines is 1. The van der Waals surface area contributed by atoms with Crippen LogP contribution in [0, 0.1) is 20.8 Å². The molecule has 1 fully saturated rings. The van der Waals surface area contributed by atoms with Gasteiger partial charge in [-0.3, -0.25) is 14.3 Å². The first kappa shape index (κ1) is 20.2. The smallest absolute Gasteiger partial charge is 0.255 e. The van der Waals surface area contributed by atoms with Crippen molar-refractivity contribution in [1.29, 1.82) is 0 Å². The Kier molecular flexibility index (Phi) is 5.59. The maximum atomic E-state index is 12.7. The topological polar surface area (TPSA) is 92.2 Å². The molecule has 1 aliphatic heterocycles. The van der Waals surface area contributed by atoms with Crippen molar-refractivity contribution in [2.45, 2.75) is 39.8 Å². The van der Waals surface area contributed by atoms with Gasteiger partial charge in [0.05, 0.1) is 18.8 Å². The first-order chi connectivity index (χ1) is 14.4. The lowest BCUT2D eigenvalue weighted by atomic mass is 10.1. The van der Waals surface area contributed by atoms with Gasteiger partial charge in [-0.2, -0.15) is 5.10 Å². The zero-order valence-electron chi connectivity index (χ0n) is 17.6. The molecule has 0 radical (unpaired) electrons. The molecular formula is C22H27N5O3. The van der Waals surface area contributed by atoms with Crippen molar-refractivity contribution in [2.24, 2.45) is 0 Å². The van der Waals surface area contributed by atoms with Crippen molar-refractivity contribution in [2.75, 3.05) is 25.0 Å². The van der Waals surface area contributed by atoms with E-state index in [1.54, 1.807) is 9.58 Å². The Balaban J connectivity index is 1.36. The fraction of sp³-hybridized carbons (Fsp3) is 0.409. The highest BCUT2D eigenvalue weighted by Crippen LogP contribution is 2.24. The third-order valence-corrected chi connectivity index (χ3v) is 5.62. The lowest BCUT2D eigenvalue weighted by molar-refractivity contribution is -0.144. The van der Waals surface area contributed by atoms with E-state index in [0.29, 0.717) is 26.1 Å². The van der Waals surface area contributed by atoms with Crippen LogP contribution in [-0.2, 0) is 20.9 Å². The molecule has 3 heterocycles. The number of aromatic nitrogens is 3. The number of carbonyl (C=O) groups is 2. The lowest BCUT2D eigenvalue weighted by Gasteiger charge is -2.32. The Morgan fingerprint density at radius 3 is 2.87 bits per heavy atom. The van der Waals surface area contributed by atoms with Crippen molar-refractivity contribution < 1.29 is 14.3 Å². The Bertz CT molecular complexity index is 1080. The number of nitrogens with zero attached hydrogens (tertiary/aromatic N) is 3. The van der Waals surface area contributed by atoms with Crippen LogP contribution >= 0.6 is 0 Å². The number of morpholine rings is 1. The number of carbonyl (C=O) groups excluding carboxylic acids is 2. The molecule has 2 aromatic heterocycles. The Morgan fingerprint density at radius 1 is 1.27 bits per heavy atom. The average Bonchev–Trinajstić information content (AvgIpc) is 3.29. The Labute approximate surface area is 175 Å². The van der Waals surface area contributed by atoms with E-state index in [1.807, 2.05) is 44.3 Å². The summed E-state index contributed by atoms with van der Waals surface area (Å²) in [5.74, 6) is -0.233.